The molecule has 1 aromatic carbocycles. The zero-order chi connectivity index (χ0) is 16.4. The van der Waals surface area contributed by atoms with Crippen molar-refractivity contribution in [1.82, 2.24) is 10.2 Å². The lowest BCUT2D eigenvalue weighted by Crippen LogP contribution is -2.24. The summed E-state index contributed by atoms with van der Waals surface area (Å²) in [6, 6.07) is 4.65. The molecular weight excluding hydrogens is 340 g/mol. The number of anilines is 2. The van der Waals surface area contributed by atoms with Gasteiger partial charge in [-0.25, -0.2) is 8.42 Å². The summed E-state index contributed by atoms with van der Waals surface area (Å²) in [4.78, 5) is 13.4. The van der Waals surface area contributed by atoms with Crippen molar-refractivity contribution in [3.05, 3.63) is 23.7 Å². The van der Waals surface area contributed by atoms with Gasteiger partial charge >= 0.3 is 0 Å². The number of nitrogens with zero attached hydrogens (tertiary/aromatic N) is 3. The van der Waals surface area contributed by atoms with Crippen molar-refractivity contribution < 1.29 is 17.9 Å². The molecule has 0 unspecified atom stereocenters. The minimum absolute atomic E-state index is 0.0180. The van der Waals surface area contributed by atoms with Crippen LogP contribution in [0.15, 0.2) is 28.6 Å². The minimum Gasteiger partial charge on any atom is -0.495 e. The third-order valence-electron chi connectivity index (χ3n) is 3.40. The number of ether oxygens (including phenoxy) is 1. The topological polar surface area (TPSA) is 101 Å². The fraction of sp³-hybridized carbons (Fsp3) is 0.308. The highest BCUT2D eigenvalue weighted by Gasteiger charge is 2.26. The molecule has 2 heterocycles. The Morgan fingerprint density at radius 3 is 2.83 bits per heavy atom. The van der Waals surface area contributed by atoms with Gasteiger partial charge in [0.2, 0.25) is 11.0 Å². The maximum atomic E-state index is 12.6. The summed E-state index contributed by atoms with van der Waals surface area (Å²) in [6.07, 6.45) is 1.23. The van der Waals surface area contributed by atoms with Gasteiger partial charge in [0.05, 0.1) is 7.11 Å². The van der Waals surface area contributed by atoms with E-state index in [9.17, 15) is 13.2 Å². The van der Waals surface area contributed by atoms with E-state index in [0.29, 0.717) is 18.7 Å². The minimum atomic E-state index is -3.90. The fourth-order valence-electron chi connectivity index (χ4n) is 2.35. The Kier molecular flexibility index (Phi) is 4.18. The van der Waals surface area contributed by atoms with Crippen LogP contribution in [0.3, 0.4) is 0 Å². The monoisotopic (exact) mass is 354 g/mol. The van der Waals surface area contributed by atoms with Crippen molar-refractivity contribution in [2.24, 2.45) is 0 Å². The van der Waals surface area contributed by atoms with E-state index in [1.165, 1.54) is 24.8 Å². The maximum Gasteiger partial charge on any atom is 0.267 e. The van der Waals surface area contributed by atoms with Gasteiger partial charge in [-0.2, -0.15) is 0 Å². The number of hydrogen-bond acceptors (Lipinski definition) is 7. The molecule has 0 spiro atoms. The summed E-state index contributed by atoms with van der Waals surface area (Å²) < 4.78 is 32.6. The SMILES string of the molecule is COc1ccc(N2CCCC2=O)cc1S(=O)(=O)Nc1nncs1. The van der Waals surface area contributed by atoms with Crippen molar-refractivity contribution in [2.45, 2.75) is 17.7 Å². The van der Waals surface area contributed by atoms with E-state index >= 15 is 0 Å². The van der Waals surface area contributed by atoms with Gasteiger partial charge in [-0.3, -0.25) is 9.52 Å². The van der Waals surface area contributed by atoms with Crippen LogP contribution < -0.4 is 14.4 Å². The molecule has 1 aromatic heterocycles. The van der Waals surface area contributed by atoms with E-state index in [-0.39, 0.29) is 21.7 Å². The number of hydrogen-bond donors (Lipinski definition) is 1. The molecule has 0 bridgehead atoms. The van der Waals surface area contributed by atoms with E-state index in [1.807, 2.05) is 0 Å². The lowest BCUT2D eigenvalue weighted by molar-refractivity contribution is -0.117. The Morgan fingerprint density at radius 2 is 2.22 bits per heavy atom. The van der Waals surface area contributed by atoms with Crippen LogP contribution in [0.5, 0.6) is 5.75 Å². The first kappa shape index (κ1) is 15.7. The first-order valence-electron chi connectivity index (χ1n) is 6.78. The van der Waals surface area contributed by atoms with Gasteiger partial charge in [0.25, 0.3) is 10.0 Å². The number of carbonyl (C=O) groups excluding carboxylic acids is 1. The van der Waals surface area contributed by atoms with E-state index in [1.54, 1.807) is 11.0 Å². The zero-order valence-electron chi connectivity index (χ0n) is 12.2. The number of sulfonamides is 1. The predicted molar refractivity (Wildman–Crippen MR) is 85.3 cm³/mol. The molecule has 23 heavy (non-hydrogen) atoms. The summed E-state index contributed by atoms with van der Waals surface area (Å²) in [5.74, 6) is 0.174. The summed E-state index contributed by atoms with van der Waals surface area (Å²) in [7, 11) is -2.51. The van der Waals surface area contributed by atoms with Gasteiger partial charge in [0.15, 0.2) is 0 Å². The Morgan fingerprint density at radius 1 is 1.39 bits per heavy atom. The van der Waals surface area contributed by atoms with Crippen LogP contribution in [-0.2, 0) is 14.8 Å². The zero-order valence-corrected chi connectivity index (χ0v) is 13.9. The van der Waals surface area contributed by atoms with Crippen molar-refractivity contribution in [3.8, 4) is 5.75 Å². The van der Waals surface area contributed by atoms with Gasteiger partial charge in [0.1, 0.15) is 16.2 Å². The maximum absolute atomic E-state index is 12.6. The second-order valence-corrected chi connectivity index (χ2v) is 7.32. The molecule has 0 atom stereocenters. The Hall–Kier alpha value is -2.20. The number of carbonyl (C=O) groups is 1. The number of aromatic nitrogens is 2. The lowest BCUT2D eigenvalue weighted by Gasteiger charge is -2.18. The number of rotatable bonds is 5. The van der Waals surface area contributed by atoms with E-state index in [4.69, 9.17) is 4.74 Å². The average Bonchev–Trinajstić information content (AvgIpc) is 3.18. The fourth-order valence-corrected chi connectivity index (χ4v) is 4.23. The molecule has 1 saturated heterocycles. The molecule has 1 aliphatic heterocycles. The summed E-state index contributed by atoms with van der Waals surface area (Å²) >= 11 is 1.07. The van der Waals surface area contributed by atoms with Crippen LogP contribution in [-0.4, -0.2) is 38.2 Å². The molecule has 0 aliphatic carbocycles. The van der Waals surface area contributed by atoms with Gasteiger partial charge in [-0.05, 0) is 24.6 Å². The quantitative estimate of drug-likeness (QED) is 0.872. The van der Waals surface area contributed by atoms with Crippen LogP contribution in [0, 0.1) is 0 Å². The van der Waals surface area contributed by atoms with E-state index in [0.717, 1.165) is 17.8 Å². The molecule has 8 nitrogen and oxygen atoms in total. The molecule has 1 amide bonds. The molecule has 122 valence electrons. The Bertz CT molecular complexity index is 821. The van der Waals surface area contributed by atoms with Crippen LogP contribution in [0.1, 0.15) is 12.8 Å². The summed E-state index contributed by atoms with van der Waals surface area (Å²) in [6.45, 7) is 0.578. The molecular formula is C13H14N4O4S2. The average molecular weight is 354 g/mol. The highest BCUT2D eigenvalue weighted by molar-refractivity contribution is 7.93. The Labute approximate surface area is 137 Å². The van der Waals surface area contributed by atoms with E-state index in [2.05, 4.69) is 14.9 Å². The number of amides is 1. The molecule has 1 aliphatic rings. The number of nitrogens with one attached hydrogen (secondary N) is 1. The number of methoxy groups -OCH3 is 1. The largest absolute Gasteiger partial charge is 0.495 e. The van der Waals surface area contributed by atoms with Gasteiger partial charge in [-0.15, -0.1) is 10.2 Å². The van der Waals surface area contributed by atoms with Crippen LogP contribution in [0.2, 0.25) is 0 Å². The molecule has 2 aromatic rings. The predicted octanol–water partition coefficient (Wildman–Crippen LogP) is 1.47. The highest BCUT2D eigenvalue weighted by atomic mass is 32.2. The second-order valence-electron chi connectivity index (χ2n) is 4.83. The van der Waals surface area contributed by atoms with Crippen molar-refractivity contribution >= 4 is 38.1 Å². The summed E-state index contributed by atoms with van der Waals surface area (Å²) in [5, 5.41) is 7.42. The Balaban J connectivity index is 2.00. The third kappa shape index (κ3) is 3.13. The van der Waals surface area contributed by atoms with E-state index < -0.39 is 10.0 Å². The molecule has 1 fully saturated rings. The molecule has 1 N–H and O–H groups in total. The number of benzene rings is 1. The van der Waals surface area contributed by atoms with Crippen LogP contribution >= 0.6 is 11.3 Å². The van der Waals surface area contributed by atoms with Gasteiger partial charge in [0, 0.05) is 18.7 Å². The third-order valence-corrected chi connectivity index (χ3v) is 5.50. The first-order chi connectivity index (χ1) is 11.0. The molecule has 10 heteroatoms. The van der Waals surface area contributed by atoms with Crippen molar-refractivity contribution in [1.29, 1.82) is 0 Å². The first-order valence-corrected chi connectivity index (χ1v) is 9.15. The van der Waals surface area contributed by atoms with Gasteiger partial charge in [-0.1, -0.05) is 11.3 Å². The van der Waals surface area contributed by atoms with Crippen LogP contribution in [0.25, 0.3) is 0 Å². The second kappa shape index (κ2) is 6.13. The summed E-state index contributed by atoms with van der Waals surface area (Å²) in [5.41, 5.74) is 1.96. The molecule has 3 rings (SSSR count). The normalized spacial score (nSPS) is 15.0. The van der Waals surface area contributed by atoms with Crippen molar-refractivity contribution in [3.63, 3.8) is 0 Å². The standard InChI is InChI=1S/C13H14N4O4S2/c1-21-10-5-4-9(17-6-2-3-12(17)18)7-11(10)23(19,20)16-13-15-14-8-22-13/h4-5,7-8H,2-3,6H2,1H3,(H,15,16). The van der Waals surface area contributed by atoms with Gasteiger partial charge < -0.3 is 9.64 Å². The smallest absolute Gasteiger partial charge is 0.267 e. The molecule has 0 radical (unpaired) electrons. The lowest BCUT2D eigenvalue weighted by atomic mass is 10.3. The highest BCUT2D eigenvalue weighted by Crippen LogP contribution is 2.32. The van der Waals surface area contributed by atoms with Crippen molar-refractivity contribution in [2.75, 3.05) is 23.3 Å². The van der Waals surface area contributed by atoms with Crippen LogP contribution in [0.4, 0.5) is 10.8 Å². The molecule has 0 saturated carbocycles.